The van der Waals surface area contributed by atoms with E-state index in [9.17, 15) is 13.2 Å². The molecule has 1 aromatic carbocycles. The van der Waals surface area contributed by atoms with Gasteiger partial charge in [-0.3, -0.25) is 9.69 Å². The molecular formula is C22H31N5O3S. The first-order chi connectivity index (χ1) is 15.0. The van der Waals surface area contributed by atoms with Crippen LogP contribution in [0.25, 0.3) is 0 Å². The van der Waals surface area contributed by atoms with E-state index in [4.69, 9.17) is 0 Å². The van der Waals surface area contributed by atoms with Crippen LogP contribution in [0.4, 0.5) is 5.69 Å². The lowest BCUT2D eigenvalue weighted by Gasteiger charge is -2.30. The van der Waals surface area contributed by atoms with E-state index in [0.29, 0.717) is 25.9 Å². The topological polar surface area (TPSA) is 87.5 Å². The van der Waals surface area contributed by atoms with Crippen molar-refractivity contribution in [2.75, 3.05) is 31.5 Å². The molecule has 4 rings (SSSR count). The second-order valence-electron chi connectivity index (χ2n) is 8.42. The van der Waals surface area contributed by atoms with Crippen LogP contribution in [0.5, 0.6) is 0 Å². The van der Waals surface area contributed by atoms with Crippen molar-refractivity contribution in [3.8, 4) is 0 Å². The monoisotopic (exact) mass is 445 g/mol. The van der Waals surface area contributed by atoms with Gasteiger partial charge in [0.05, 0.1) is 12.2 Å². The van der Waals surface area contributed by atoms with Crippen LogP contribution in [0.1, 0.15) is 38.2 Å². The molecule has 1 N–H and O–H groups in total. The number of nitrogens with one attached hydrogen (secondary N) is 1. The standard InChI is InChI=1S/C22H31N5O3S/c1-2-25-16-21(23-17-25)31(29,30)27-12-6-8-19(15-27)22(28)24-20-9-5-7-18(13-20)14-26-10-3-4-11-26/h5,7,9,13,16-17,19H,2-4,6,8,10-12,14-15H2,1H3,(H,24,28)/t19-/m1/s1. The number of carbonyl (C=O) groups excluding carboxylic acids is 1. The number of imidazole rings is 1. The fourth-order valence-corrected chi connectivity index (χ4v) is 5.80. The molecule has 2 aliphatic rings. The molecule has 0 unspecified atom stereocenters. The molecule has 3 heterocycles. The summed E-state index contributed by atoms with van der Waals surface area (Å²) < 4.78 is 29.1. The van der Waals surface area contributed by atoms with Gasteiger partial charge in [0.2, 0.25) is 5.91 Å². The highest BCUT2D eigenvalue weighted by Crippen LogP contribution is 2.24. The van der Waals surface area contributed by atoms with Crippen LogP contribution in [0.2, 0.25) is 0 Å². The minimum Gasteiger partial charge on any atom is -0.336 e. The summed E-state index contributed by atoms with van der Waals surface area (Å²) in [5, 5.41) is 3.05. The lowest BCUT2D eigenvalue weighted by Crippen LogP contribution is -2.43. The highest BCUT2D eigenvalue weighted by Gasteiger charge is 2.34. The smallest absolute Gasteiger partial charge is 0.262 e. The number of hydrogen-bond donors (Lipinski definition) is 1. The van der Waals surface area contributed by atoms with E-state index in [0.717, 1.165) is 25.3 Å². The molecule has 2 aliphatic heterocycles. The summed E-state index contributed by atoms with van der Waals surface area (Å²) in [6.07, 6.45) is 6.89. The molecule has 1 aromatic heterocycles. The third kappa shape index (κ3) is 5.16. The summed E-state index contributed by atoms with van der Waals surface area (Å²) in [5.41, 5.74) is 1.95. The quantitative estimate of drug-likeness (QED) is 0.708. The first-order valence-corrected chi connectivity index (χ1v) is 12.5. The Balaban J connectivity index is 1.39. The number of nitrogens with zero attached hydrogens (tertiary/aromatic N) is 4. The molecule has 0 radical (unpaired) electrons. The molecule has 0 bridgehead atoms. The van der Waals surface area contributed by atoms with Crippen LogP contribution in [-0.4, -0.2) is 59.3 Å². The summed E-state index contributed by atoms with van der Waals surface area (Å²) in [7, 11) is -3.69. The Morgan fingerprint density at radius 1 is 1.19 bits per heavy atom. The van der Waals surface area contributed by atoms with Crippen LogP contribution in [-0.2, 0) is 27.9 Å². The number of aromatic nitrogens is 2. The second kappa shape index (κ2) is 9.50. The number of hydrogen-bond acceptors (Lipinski definition) is 5. The Hall–Kier alpha value is -2.23. The number of amides is 1. The van der Waals surface area contributed by atoms with Gasteiger partial charge >= 0.3 is 0 Å². The lowest BCUT2D eigenvalue weighted by atomic mass is 9.98. The van der Waals surface area contributed by atoms with E-state index in [1.807, 2.05) is 25.1 Å². The largest absolute Gasteiger partial charge is 0.336 e. The van der Waals surface area contributed by atoms with Crippen LogP contribution in [0.3, 0.4) is 0 Å². The molecule has 2 fully saturated rings. The van der Waals surface area contributed by atoms with Crippen LogP contribution in [0.15, 0.2) is 41.8 Å². The van der Waals surface area contributed by atoms with Crippen LogP contribution in [0, 0.1) is 5.92 Å². The number of aryl methyl sites for hydroxylation is 1. The van der Waals surface area contributed by atoms with E-state index in [1.165, 1.54) is 29.0 Å². The molecule has 8 nitrogen and oxygen atoms in total. The van der Waals surface area contributed by atoms with E-state index < -0.39 is 10.0 Å². The molecule has 0 saturated carbocycles. The third-order valence-electron chi connectivity index (χ3n) is 6.13. The molecule has 31 heavy (non-hydrogen) atoms. The van der Waals surface area contributed by atoms with E-state index in [2.05, 4.69) is 21.3 Å². The van der Waals surface area contributed by atoms with Gasteiger partial charge in [0.25, 0.3) is 10.0 Å². The Kier molecular flexibility index (Phi) is 6.74. The molecule has 0 aliphatic carbocycles. The van der Waals surface area contributed by atoms with Crippen LogP contribution < -0.4 is 5.32 Å². The van der Waals surface area contributed by atoms with Gasteiger partial charge in [-0.1, -0.05) is 12.1 Å². The van der Waals surface area contributed by atoms with Gasteiger partial charge in [0.15, 0.2) is 5.03 Å². The van der Waals surface area contributed by atoms with Crippen LogP contribution >= 0.6 is 0 Å². The summed E-state index contributed by atoms with van der Waals surface area (Å²) >= 11 is 0. The number of rotatable bonds is 7. The first-order valence-electron chi connectivity index (χ1n) is 11.1. The van der Waals surface area contributed by atoms with E-state index in [-0.39, 0.29) is 23.4 Å². The maximum atomic E-state index is 13.0. The zero-order valence-corrected chi connectivity index (χ0v) is 18.9. The molecule has 2 aromatic rings. The molecule has 1 atom stereocenters. The number of benzene rings is 1. The summed E-state index contributed by atoms with van der Waals surface area (Å²) in [6, 6.07) is 7.95. The van der Waals surface area contributed by atoms with E-state index in [1.54, 1.807) is 10.8 Å². The fraction of sp³-hybridized carbons (Fsp3) is 0.545. The maximum Gasteiger partial charge on any atom is 0.262 e. The SMILES string of the molecule is CCn1cnc(S(=O)(=O)N2CCC[C@@H](C(=O)Nc3cccc(CN4CCCC4)c3)C2)c1. The normalized spacial score (nSPS) is 20.7. The molecule has 2 saturated heterocycles. The predicted molar refractivity (Wildman–Crippen MR) is 119 cm³/mol. The van der Waals surface area contributed by atoms with Crippen molar-refractivity contribution in [1.82, 2.24) is 18.8 Å². The van der Waals surface area contributed by atoms with E-state index >= 15 is 0 Å². The van der Waals surface area contributed by atoms with Crippen molar-refractivity contribution in [3.63, 3.8) is 0 Å². The summed E-state index contributed by atoms with van der Waals surface area (Å²) in [5.74, 6) is -0.503. The Labute approximate surface area is 184 Å². The summed E-state index contributed by atoms with van der Waals surface area (Å²) in [4.78, 5) is 19.4. The Morgan fingerprint density at radius 3 is 2.74 bits per heavy atom. The number of anilines is 1. The van der Waals surface area contributed by atoms with Gasteiger partial charge in [-0.25, -0.2) is 13.4 Å². The number of sulfonamides is 1. The highest BCUT2D eigenvalue weighted by molar-refractivity contribution is 7.89. The minimum atomic E-state index is -3.69. The van der Waals surface area contributed by atoms with Gasteiger partial charge in [0.1, 0.15) is 0 Å². The average Bonchev–Trinajstić information content (AvgIpc) is 3.46. The van der Waals surface area contributed by atoms with Gasteiger partial charge in [-0.15, -0.1) is 0 Å². The maximum absolute atomic E-state index is 13.0. The Bertz CT molecular complexity index is 1010. The number of carbonyl (C=O) groups is 1. The van der Waals surface area contributed by atoms with Crippen molar-refractivity contribution in [3.05, 3.63) is 42.4 Å². The predicted octanol–water partition coefficient (Wildman–Crippen LogP) is 2.54. The van der Waals surface area contributed by atoms with Crippen molar-refractivity contribution < 1.29 is 13.2 Å². The van der Waals surface area contributed by atoms with Crippen molar-refractivity contribution in [2.24, 2.45) is 5.92 Å². The molecule has 168 valence electrons. The molecule has 9 heteroatoms. The lowest BCUT2D eigenvalue weighted by molar-refractivity contribution is -0.120. The van der Waals surface area contributed by atoms with Gasteiger partial charge in [-0.2, -0.15) is 4.31 Å². The summed E-state index contributed by atoms with van der Waals surface area (Å²) in [6.45, 7) is 6.32. The fourth-order valence-electron chi connectivity index (χ4n) is 4.34. The molecule has 1 amide bonds. The zero-order valence-electron chi connectivity index (χ0n) is 18.0. The van der Waals surface area contributed by atoms with Gasteiger partial charge in [-0.05, 0) is 63.4 Å². The van der Waals surface area contributed by atoms with Crippen molar-refractivity contribution in [2.45, 2.75) is 50.7 Å². The minimum absolute atomic E-state index is 0.0463. The number of likely N-dealkylation sites (tertiary alicyclic amines) is 1. The number of piperidine rings is 1. The first kappa shape index (κ1) is 22.0. The van der Waals surface area contributed by atoms with Crippen molar-refractivity contribution in [1.29, 1.82) is 0 Å². The van der Waals surface area contributed by atoms with Gasteiger partial charge < -0.3 is 9.88 Å². The second-order valence-corrected chi connectivity index (χ2v) is 10.3. The molecular weight excluding hydrogens is 414 g/mol. The third-order valence-corrected chi connectivity index (χ3v) is 7.88. The van der Waals surface area contributed by atoms with Gasteiger partial charge in [0, 0.05) is 38.1 Å². The average molecular weight is 446 g/mol. The van der Waals surface area contributed by atoms with Crippen molar-refractivity contribution >= 4 is 21.6 Å². The highest BCUT2D eigenvalue weighted by atomic mass is 32.2. The zero-order chi connectivity index (χ0) is 21.8. The molecule has 0 spiro atoms. The Morgan fingerprint density at radius 2 is 2.00 bits per heavy atom.